The van der Waals surface area contributed by atoms with E-state index in [-0.39, 0.29) is 12.8 Å². The molecule has 18 heavy (non-hydrogen) atoms. The number of fused-ring (bicyclic) bond motifs is 1. The van der Waals surface area contributed by atoms with Gasteiger partial charge < -0.3 is 21.3 Å². The first-order valence-corrected chi connectivity index (χ1v) is 5.57. The van der Waals surface area contributed by atoms with Gasteiger partial charge in [-0.25, -0.2) is 15.0 Å². The van der Waals surface area contributed by atoms with Crippen molar-refractivity contribution in [3.63, 3.8) is 0 Å². The molecule has 1 fully saturated rings. The fourth-order valence-corrected chi connectivity index (χ4v) is 2.10. The molecule has 1 aliphatic rings. The van der Waals surface area contributed by atoms with E-state index in [0.717, 1.165) is 0 Å². The Morgan fingerprint density at radius 3 is 3.06 bits per heavy atom. The van der Waals surface area contributed by atoms with Gasteiger partial charge in [-0.2, -0.15) is 0 Å². The predicted octanol–water partition coefficient (Wildman–Crippen LogP) is -0.983. The van der Waals surface area contributed by atoms with Crippen molar-refractivity contribution in [3.05, 3.63) is 12.7 Å². The normalized spacial score (nSPS) is 28.0. The number of aliphatic hydroxyl groups is 1. The Labute approximate surface area is 103 Å². The molecule has 0 amide bonds. The van der Waals surface area contributed by atoms with Gasteiger partial charge >= 0.3 is 0 Å². The van der Waals surface area contributed by atoms with Crippen molar-refractivity contribution in [1.82, 2.24) is 19.5 Å². The number of nitrogens with zero attached hydrogens (tertiary/aromatic N) is 4. The van der Waals surface area contributed by atoms with Crippen LogP contribution >= 0.6 is 0 Å². The molecule has 8 heteroatoms. The highest BCUT2D eigenvalue weighted by molar-refractivity contribution is 5.81. The van der Waals surface area contributed by atoms with Gasteiger partial charge in [-0.05, 0) is 0 Å². The number of hydrogen-bond donors (Lipinski definition) is 3. The maximum absolute atomic E-state index is 9.22. The van der Waals surface area contributed by atoms with E-state index in [4.69, 9.17) is 16.2 Å². The number of nitrogens with two attached hydrogens (primary N) is 2. The summed E-state index contributed by atoms with van der Waals surface area (Å²) in [5.74, 6) is 0.331. The van der Waals surface area contributed by atoms with E-state index in [1.54, 1.807) is 10.9 Å². The van der Waals surface area contributed by atoms with Crippen LogP contribution in [-0.4, -0.2) is 43.4 Å². The summed E-state index contributed by atoms with van der Waals surface area (Å²) in [5.41, 5.74) is 12.1. The minimum absolute atomic E-state index is 0.118. The lowest BCUT2D eigenvalue weighted by molar-refractivity contribution is 0.0530. The summed E-state index contributed by atoms with van der Waals surface area (Å²) >= 11 is 0. The van der Waals surface area contributed by atoms with Crippen LogP contribution in [0.2, 0.25) is 0 Å². The molecule has 0 aromatic carbocycles. The van der Waals surface area contributed by atoms with E-state index in [1.807, 2.05) is 0 Å². The summed E-state index contributed by atoms with van der Waals surface area (Å²) in [6.45, 7) is 0.182. The van der Waals surface area contributed by atoms with E-state index in [9.17, 15) is 5.11 Å². The van der Waals surface area contributed by atoms with Gasteiger partial charge in [0.25, 0.3) is 0 Å². The van der Waals surface area contributed by atoms with Crippen molar-refractivity contribution in [2.75, 3.05) is 18.9 Å². The molecule has 5 N–H and O–H groups in total. The van der Waals surface area contributed by atoms with Crippen LogP contribution in [0.1, 0.15) is 12.6 Å². The Bertz CT molecular complexity index is 585. The second kappa shape index (κ2) is 3.87. The highest BCUT2D eigenvalue weighted by Crippen LogP contribution is 2.31. The highest BCUT2D eigenvalue weighted by atomic mass is 16.5. The van der Waals surface area contributed by atoms with E-state index in [2.05, 4.69) is 15.0 Å². The minimum Gasteiger partial charge on any atom is -0.394 e. The van der Waals surface area contributed by atoms with Crippen LogP contribution in [0.3, 0.4) is 0 Å². The number of nitrogen functional groups attached to an aromatic ring is 1. The van der Waals surface area contributed by atoms with Gasteiger partial charge in [-0.3, -0.25) is 4.57 Å². The molecule has 3 heterocycles. The average Bonchev–Trinajstić information content (AvgIpc) is 2.94. The lowest BCUT2D eigenvalue weighted by Gasteiger charge is -2.18. The smallest absolute Gasteiger partial charge is 0.167 e. The van der Waals surface area contributed by atoms with Crippen molar-refractivity contribution in [2.24, 2.45) is 5.73 Å². The zero-order valence-corrected chi connectivity index (χ0v) is 9.65. The molecule has 8 nitrogen and oxygen atoms in total. The molecule has 0 radical (unpaired) electrons. The third kappa shape index (κ3) is 1.62. The number of imidazole rings is 1. The molecule has 0 saturated carbocycles. The summed E-state index contributed by atoms with van der Waals surface area (Å²) in [5, 5.41) is 9.22. The average molecular weight is 250 g/mol. The maximum atomic E-state index is 9.22. The molecule has 0 aliphatic carbocycles. The number of anilines is 1. The van der Waals surface area contributed by atoms with E-state index in [1.165, 1.54) is 6.33 Å². The zero-order valence-electron chi connectivity index (χ0n) is 9.65. The summed E-state index contributed by atoms with van der Waals surface area (Å²) in [4.78, 5) is 12.2. The second-order valence-electron chi connectivity index (χ2n) is 4.57. The molecule has 2 atom stereocenters. The van der Waals surface area contributed by atoms with Crippen LogP contribution in [-0.2, 0) is 4.74 Å². The zero-order chi connectivity index (χ0) is 12.8. The molecule has 1 aliphatic heterocycles. The quantitative estimate of drug-likeness (QED) is 0.625. The Balaban J connectivity index is 1.99. The molecule has 2 aromatic rings. The van der Waals surface area contributed by atoms with Crippen molar-refractivity contribution >= 4 is 17.0 Å². The Kier molecular flexibility index (Phi) is 2.44. The van der Waals surface area contributed by atoms with Gasteiger partial charge in [0.05, 0.1) is 25.1 Å². The fourth-order valence-electron chi connectivity index (χ4n) is 2.10. The van der Waals surface area contributed by atoms with Crippen molar-refractivity contribution in [3.8, 4) is 0 Å². The van der Waals surface area contributed by atoms with Crippen molar-refractivity contribution in [2.45, 2.75) is 18.2 Å². The molecule has 96 valence electrons. The van der Waals surface area contributed by atoms with Gasteiger partial charge in [-0.15, -0.1) is 0 Å². The van der Waals surface area contributed by atoms with E-state index >= 15 is 0 Å². The van der Waals surface area contributed by atoms with Gasteiger partial charge in [0.2, 0.25) is 0 Å². The second-order valence-corrected chi connectivity index (χ2v) is 4.57. The van der Waals surface area contributed by atoms with Crippen LogP contribution in [0.5, 0.6) is 0 Å². The summed E-state index contributed by atoms with van der Waals surface area (Å²) in [6.07, 6.45) is 3.19. The maximum Gasteiger partial charge on any atom is 0.167 e. The van der Waals surface area contributed by atoms with Crippen molar-refractivity contribution in [1.29, 1.82) is 0 Å². The molecule has 1 saturated heterocycles. The standard InChI is InChI=1S/C10H14N6O2/c11-8-7-9(14-4-13-8)16(5-15-7)6-1-10(12,2-17)3-18-6/h4-6,17H,1-3,12H2,(H2,11,13,14)/t6-,10+/m0/s1. The van der Waals surface area contributed by atoms with Gasteiger partial charge in [0.1, 0.15) is 18.1 Å². The summed E-state index contributed by atoms with van der Waals surface area (Å²) in [6, 6.07) is 0. The topological polar surface area (TPSA) is 125 Å². The van der Waals surface area contributed by atoms with E-state index in [0.29, 0.717) is 30.0 Å². The van der Waals surface area contributed by atoms with Crippen LogP contribution in [0.4, 0.5) is 5.82 Å². The number of aromatic nitrogens is 4. The predicted molar refractivity (Wildman–Crippen MR) is 63.3 cm³/mol. The molecule has 0 unspecified atom stereocenters. The largest absolute Gasteiger partial charge is 0.394 e. The first kappa shape index (κ1) is 11.3. The summed E-state index contributed by atoms with van der Waals surface area (Å²) in [7, 11) is 0. The number of aliphatic hydroxyl groups excluding tert-OH is 1. The molecular weight excluding hydrogens is 236 g/mol. The van der Waals surface area contributed by atoms with Gasteiger partial charge in [-0.1, -0.05) is 0 Å². The van der Waals surface area contributed by atoms with Crippen molar-refractivity contribution < 1.29 is 9.84 Å². The fraction of sp³-hybridized carbons (Fsp3) is 0.500. The minimum atomic E-state index is -0.708. The third-order valence-electron chi connectivity index (χ3n) is 3.16. The van der Waals surface area contributed by atoms with Crippen LogP contribution < -0.4 is 11.5 Å². The monoisotopic (exact) mass is 250 g/mol. The lowest BCUT2D eigenvalue weighted by Crippen LogP contribution is -2.44. The van der Waals surface area contributed by atoms with Gasteiger partial charge in [0, 0.05) is 6.42 Å². The van der Waals surface area contributed by atoms with Gasteiger partial charge in [0.15, 0.2) is 11.5 Å². The summed E-state index contributed by atoms with van der Waals surface area (Å²) < 4.78 is 7.35. The number of rotatable bonds is 2. The first-order valence-electron chi connectivity index (χ1n) is 5.57. The molecule has 3 rings (SSSR count). The van der Waals surface area contributed by atoms with Crippen LogP contribution in [0, 0.1) is 0 Å². The Morgan fingerprint density at radius 1 is 1.50 bits per heavy atom. The Morgan fingerprint density at radius 2 is 2.33 bits per heavy atom. The van der Waals surface area contributed by atoms with Crippen LogP contribution in [0.25, 0.3) is 11.2 Å². The Hall–Kier alpha value is -1.77. The molecular formula is C10H14N6O2. The lowest BCUT2D eigenvalue weighted by atomic mass is 10.0. The third-order valence-corrected chi connectivity index (χ3v) is 3.16. The molecule has 0 bridgehead atoms. The number of ether oxygens (including phenoxy) is 1. The van der Waals surface area contributed by atoms with E-state index < -0.39 is 5.54 Å². The molecule has 2 aromatic heterocycles. The first-order chi connectivity index (χ1) is 8.63. The highest BCUT2D eigenvalue weighted by Gasteiger charge is 2.37. The SMILES string of the molecule is Nc1ncnc2c1ncn2[C@@H]1C[C@@](N)(CO)CO1. The molecule has 0 spiro atoms. The van der Waals surface area contributed by atoms with Crippen LogP contribution in [0.15, 0.2) is 12.7 Å². The number of hydrogen-bond acceptors (Lipinski definition) is 7.